The Bertz CT molecular complexity index is 1510. The molecule has 0 aliphatic carbocycles. The summed E-state index contributed by atoms with van der Waals surface area (Å²) in [6.45, 7) is 4.92. The predicted molar refractivity (Wildman–Crippen MR) is 168 cm³/mol. The van der Waals surface area contributed by atoms with Crippen molar-refractivity contribution in [1.82, 2.24) is 19.4 Å². The van der Waals surface area contributed by atoms with Crippen LogP contribution < -0.4 is 0 Å². The van der Waals surface area contributed by atoms with Crippen LogP contribution in [-0.4, -0.2) is 57.0 Å². The second-order valence-corrected chi connectivity index (χ2v) is 13.7. The maximum atomic E-state index is 13.2. The summed E-state index contributed by atoms with van der Waals surface area (Å²) in [4.78, 5) is 23.6. The molecule has 3 aliphatic rings. The molecule has 3 fully saturated rings. The Labute approximate surface area is 252 Å². The Morgan fingerprint density at radius 3 is 2.39 bits per heavy atom. The molecule has 4 aromatic rings. The summed E-state index contributed by atoms with van der Waals surface area (Å²) in [5, 5.41) is 2.48. The number of aryl methyl sites for hydroxylation is 1. The normalized spacial score (nSPS) is 24.2. The summed E-state index contributed by atoms with van der Waals surface area (Å²) in [6.07, 6.45) is 9.47. The van der Waals surface area contributed by atoms with Gasteiger partial charge in [0.1, 0.15) is 10.7 Å². The van der Waals surface area contributed by atoms with Gasteiger partial charge in [0, 0.05) is 31.2 Å². The number of imidazole rings is 1. The van der Waals surface area contributed by atoms with Gasteiger partial charge in [0.2, 0.25) is 0 Å². The van der Waals surface area contributed by atoms with Gasteiger partial charge in [-0.25, -0.2) is 4.98 Å². The average molecular weight is 587 g/mol. The Morgan fingerprint density at radius 2 is 1.68 bits per heavy atom. The molecule has 7 rings (SSSR count). The highest BCUT2D eigenvalue weighted by molar-refractivity contribution is 7.12. The second-order valence-electron chi connectivity index (χ2n) is 12.4. The maximum Gasteiger partial charge on any atom is 0.265 e. The van der Waals surface area contributed by atoms with Crippen molar-refractivity contribution in [2.24, 2.45) is 0 Å². The molecule has 3 saturated heterocycles. The van der Waals surface area contributed by atoms with Crippen molar-refractivity contribution in [2.45, 2.75) is 81.8 Å². The van der Waals surface area contributed by atoms with Gasteiger partial charge >= 0.3 is 0 Å². The number of carbonyl (C=O) groups is 1. The van der Waals surface area contributed by atoms with Crippen molar-refractivity contribution in [3.8, 4) is 0 Å². The van der Waals surface area contributed by atoms with Gasteiger partial charge < -0.3 is 9.47 Å². The molecule has 3 atom stereocenters. The van der Waals surface area contributed by atoms with Gasteiger partial charge in [-0.2, -0.15) is 0 Å². The molecule has 0 N–H and O–H groups in total. The van der Waals surface area contributed by atoms with E-state index in [1.165, 1.54) is 67.5 Å². The smallest absolute Gasteiger partial charge is 0.265 e. The Morgan fingerprint density at radius 1 is 0.976 bits per heavy atom. The summed E-state index contributed by atoms with van der Waals surface area (Å²) < 4.78 is 2.53. The lowest BCUT2D eigenvalue weighted by Gasteiger charge is -2.44. The van der Waals surface area contributed by atoms with E-state index < -0.39 is 0 Å². The van der Waals surface area contributed by atoms with Gasteiger partial charge in [-0.05, 0) is 99.4 Å². The van der Waals surface area contributed by atoms with Crippen molar-refractivity contribution in [2.75, 3.05) is 19.6 Å². The van der Waals surface area contributed by atoms with E-state index in [0.717, 1.165) is 37.3 Å². The summed E-state index contributed by atoms with van der Waals surface area (Å²) in [5.74, 6) is 1.24. The molecule has 5 heterocycles. The molecule has 2 aromatic carbocycles. The van der Waals surface area contributed by atoms with Crippen LogP contribution in [0.25, 0.3) is 11.0 Å². The molecular weight excluding hydrogens is 548 g/mol. The van der Waals surface area contributed by atoms with Crippen LogP contribution in [0.4, 0.5) is 0 Å². The monoisotopic (exact) mass is 586 g/mol. The van der Waals surface area contributed by atoms with Gasteiger partial charge in [0.25, 0.3) is 5.91 Å². The summed E-state index contributed by atoms with van der Waals surface area (Å²) >= 11 is 7.75. The number of benzene rings is 2. The first-order chi connectivity index (χ1) is 20.0. The number of fused-ring (bicyclic) bond motifs is 3. The van der Waals surface area contributed by atoms with E-state index in [9.17, 15) is 4.79 Å². The molecule has 1 amide bonds. The molecule has 7 heteroatoms. The number of nitrogens with zero attached hydrogens (tertiary/aromatic N) is 4. The lowest BCUT2D eigenvalue weighted by Crippen LogP contribution is -2.46. The molecule has 2 aromatic heterocycles. The third-order valence-electron chi connectivity index (χ3n) is 10.3. The van der Waals surface area contributed by atoms with E-state index in [1.807, 2.05) is 16.3 Å². The number of piperidine rings is 2. The zero-order valence-electron chi connectivity index (χ0n) is 23.8. The van der Waals surface area contributed by atoms with Crippen LogP contribution in [0.5, 0.6) is 0 Å². The average Bonchev–Trinajstić information content (AvgIpc) is 3.65. The molecule has 3 aliphatic heterocycles. The molecule has 0 saturated carbocycles. The lowest BCUT2D eigenvalue weighted by atomic mass is 9.69. The second kappa shape index (κ2) is 11.2. The number of para-hydroxylation sites is 2. The zero-order chi connectivity index (χ0) is 28.0. The van der Waals surface area contributed by atoms with Gasteiger partial charge in [-0.15, -0.1) is 11.3 Å². The minimum absolute atomic E-state index is 0.0898. The molecule has 41 heavy (non-hydrogen) atoms. The Hall–Kier alpha value is -2.67. The molecule has 2 bridgehead atoms. The van der Waals surface area contributed by atoms with E-state index in [4.69, 9.17) is 16.6 Å². The van der Waals surface area contributed by atoms with Gasteiger partial charge in [0.15, 0.2) is 0 Å². The first-order valence-corrected chi connectivity index (χ1v) is 16.6. The van der Waals surface area contributed by atoms with Crippen LogP contribution in [0.1, 0.15) is 78.5 Å². The number of rotatable bonds is 7. The van der Waals surface area contributed by atoms with Crippen LogP contribution in [0.2, 0.25) is 5.02 Å². The standard InChI is InChI=1S/C34H39ClN4OS/c1-24-36-30-10-5-6-11-31(30)39(24)28-22-26-12-13-27(23-28)38(26)18-7-15-34(25-8-3-2-4-9-25)16-19-37(20-17-34)33(40)32-29(35)14-21-41-32/h2-6,8-11,14,21,26-28H,7,12-13,15-20,22-23H2,1H3/t26-,27+,28?. The fourth-order valence-electron chi connectivity index (χ4n) is 8.25. The quantitative estimate of drug-likeness (QED) is 0.221. The Balaban J connectivity index is 1.02. The number of likely N-dealkylation sites (tertiary alicyclic amines) is 1. The molecule has 0 radical (unpaired) electrons. The molecule has 5 nitrogen and oxygen atoms in total. The highest BCUT2D eigenvalue weighted by Crippen LogP contribution is 2.44. The van der Waals surface area contributed by atoms with E-state index >= 15 is 0 Å². The first-order valence-electron chi connectivity index (χ1n) is 15.3. The van der Waals surface area contributed by atoms with Crippen LogP contribution in [0.15, 0.2) is 66.0 Å². The first kappa shape index (κ1) is 27.2. The number of hydrogen-bond donors (Lipinski definition) is 0. The number of amides is 1. The van der Waals surface area contributed by atoms with Gasteiger partial charge in [-0.3, -0.25) is 9.69 Å². The zero-order valence-corrected chi connectivity index (χ0v) is 25.4. The number of thiophene rings is 1. The summed E-state index contributed by atoms with van der Waals surface area (Å²) in [6, 6.07) is 23.4. The predicted octanol–water partition coefficient (Wildman–Crippen LogP) is 7.88. The van der Waals surface area contributed by atoms with Crippen LogP contribution in [0, 0.1) is 6.92 Å². The highest BCUT2D eigenvalue weighted by atomic mass is 35.5. The van der Waals surface area contributed by atoms with Gasteiger partial charge in [0.05, 0.1) is 16.1 Å². The SMILES string of the molecule is Cc1nc2ccccc2n1C1C[C@H]2CC[C@@H](C1)N2CCCC1(c2ccccc2)CCN(C(=O)c2sccc2Cl)CC1. The summed E-state index contributed by atoms with van der Waals surface area (Å²) in [5.41, 5.74) is 3.98. The van der Waals surface area contributed by atoms with E-state index in [2.05, 4.69) is 71.0 Å². The lowest BCUT2D eigenvalue weighted by molar-refractivity contribution is 0.0647. The van der Waals surface area contributed by atoms with E-state index in [-0.39, 0.29) is 11.3 Å². The third-order valence-corrected chi connectivity index (χ3v) is 11.6. The summed E-state index contributed by atoms with van der Waals surface area (Å²) in [7, 11) is 0. The van der Waals surface area contributed by atoms with E-state index in [1.54, 1.807) is 0 Å². The molecule has 0 spiro atoms. The minimum atomic E-state index is 0.0898. The third kappa shape index (κ3) is 5.02. The topological polar surface area (TPSA) is 41.4 Å². The fraction of sp³-hybridized carbons (Fsp3) is 0.471. The molecular formula is C34H39ClN4OS. The van der Waals surface area contributed by atoms with E-state index in [0.29, 0.717) is 28.0 Å². The largest absolute Gasteiger partial charge is 0.338 e. The number of hydrogen-bond acceptors (Lipinski definition) is 4. The number of halogens is 1. The minimum Gasteiger partial charge on any atom is -0.338 e. The molecule has 1 unspecified atom stereocenters. The highest BCUT2D eigenvalue weighted by Gasteiger charge is 2.43. The van der Waals surface area contributed by atoms with Crippen molar-refractivity contribution < 1.29 is 4.79 Å². The Kier molecular flexibility index (Phi) is 7.42. The van der Waals surface area contributed by atoms with Gasteiger partial charge in [-0.1, -0.05) is 54.1 Å². The van der Waals surface area contributed by atoms with Crippen LogP contribution in [0.3, 0.4) is 0 Å². The van der Waals surface area contributed by atoms with Crippen molar-refractivity contribution in [1.29, 1.82) is 0 Å². The maximum absolute atomic E-state index is 13.2. The van der Waals surface area contributed by atoms with Crippen molar-refractivity contribution in [3.05, 3.63) is 87.3 Å². The van der Waals surface area contributed by atoms with Crippen molar-refractivity contribution in [3.63, 3.8) is 0 Å². The number of aromatic nitrogens is 2. The van der Waals surface area contributed by atoms with Crippen LogP contribution in [-0.2, 0) is 5.41 Å². The fourth-order valence-corrected chi connectivity index (χ4v) is 9.35. The number of carbonyl (C=O) groups excluding carboxylic acids is 1. The van der Waals surface area contributed by atoms with Crippen molar-refractivity contribution >= 4 is 39.9 Å². The molecule has 214 valence electrons. The van der Waals surface area contributed by atoms with Crippen LogP contribution >= 0.6 is 22.9 Å².